The molecule has 0 aliphatic rings. The number of nitrogens with zero attached hydrogens (tertiary/aromatic N) is 1. The Morgan fingerprint density at radius 2 is 1.88 bits per heavy atom. The number of hydrogen-bond donors (Lipinski definition) is 0. The fraction of sp³-hybridized carbons (Fsp3) is 0.158. The Morgan fingerprint density at radius 1 is 1.17 bits per heavy atom. The van der Waals surface area contributed by atoms with E-state index in [1.807, 2.05) is 19.1 Å². The Labute approximate surface area is 144 Å². The van der Waals surface area contributed by atoms with Crippen LogP contribution in [0.1, 0.15) is 12.5 Å². The number of pyridine rings is 1. The number of benzene rings is 2. The van der Waals surface area contributed by atoms with Crippen molar-refractivity contribution >= 4 is 28.5 Å². The average Bonchev–Trinajstić information content (AvgIpc) is 2.55. The molecule has 0 aliphatic carbocycles. The predicted molar refractivity (Wildman–Crippen MR) is 95.2 cm³/mol. The van der Waals surface area contributed by atoms with Gasteiger partial charge in [-0.1, -0.05) is 29.8 Å². The average molecular weight is 342 g/mol. The van der Waals surface area contributed by atoms with E-state index in [-0.39, 0.29) is 18.1 Å². The van der Waals surface area contributed by atoms with Crippen LogP contribution in [-0.2, 0) is 16.3 Å². The van der Waals surface area contributed by atoms with Crippen LogP contribution in [0.25, 0.3) is 22.0 Å². The lowest BCUT2D eigenvalue weighted by Crippen LogP contribution is -2.14. The van der Waals surface area contributed by atoms with Gasteiger partial charge in [0.05, 0.1) is 5.52 Å². The largest absolute Gasteiger partial charge is 0.444 e. The number of carbonyl (C=O) groups excluding carboxylic acids is 1. The zero-order valence-electron chi connectivity index (χ0n) is 13.4. The molecule has 0 N–H and O–H groups in total. The number of ether oxygens (including phenoxy) is 1. The molecule has 3 aromatic rings. The number of halogens is 1. The van der Waals surface area contributed by atoms with Gasteiger partial charge in [-0.05, 0) is 42.3 Å². The first-order valence-electron chi connectivity index (χ1n) is 7.49. The zero-order chi connectivity index (χ0) is 17.3. The summed E-state index contributed by atoms with van der Waals surface area (Å²) < 4.78 is 6.90. The molecule has 0 atom stereocenters. The second-order valence-electron chi connectivity index (χ2n) is 5.63. The molecule has 0 bridgehead atoms. The maximum Gasteiger partial charge on any atom is 0.304 e. The minimum absolute atomic E-state index is 0.0517. The van der Waals surface area contributed by atoms with Crippen LogP contribution in [0, 0.1) is 6.92 Å². The number of fused-ring (bicyclic) bond motifs is 1. The Bertz CT molecular complexity index is 974. The zero-order valence-corrected chi connectivity index (χ0v) is 14.1. The van der Waals surface area contributed by atoms with Gasteiger partial charge in [0.15, 0.2) is 12.2 Å². The van der Waals surface area contributed by atoms with Gasteiger partial charge in [-0.25, -0.2) is 0 Å². The molecule has 1 aromatic heterocycles. The molecule has 0 saturated heterocycles. The maximum absolute atomic E-state index is 12.9. The Hall–Kier alpha value is -2.59. The first-order valence-corrected chi connectivity index (χ1v) is 7.86. The van der Waals surface area contributed by atoms with Gasteiger partial charge >= 0.3 is 5.97 Å². The fourth-order valence-corrected chi connectivity index (χ4v) is 2.73. The summed E-state index contributed by atoms with van der Waals surface area (Å²) in [6, 6.07) is 12.7. The lowest BCUT2D eigenvalue weighted by atomic mass is 10.0. The first-order chi connectivity index (χ1) is 11.5. The van der Waals surface area contributed by atoms with E-state index in [0.717, 1.165) is 16.6 Å². The highest BCUT2D eigenvalue weighted by Crippen LogP contribution is 2.22. The summed E-state index contributed by atoms with van der Waals surface area (Å²) in [6.45, 7) is 3.36. The van der Waals surface area contributed by atoms with E-state index in [2.05, 4.69) is 0 Å². The number of hydrogen-bond acceptors (Lipinski definition) is 3. The second-order valence-corrected chi connectivity index (χ2v) is 6.07. The van der Waals surface area contributed by atoms with Gasteiger partial charge in [0.25, 0.3) is 0 Å². The number of esters is 1. The van der Waals surface area contributed by atoms with E-state index in [0.29, 0.717) is 16.0 Å². The van der Waals surface area contributed by atoms with Crippen LogP contribution >= 0.6 is 11.6 Å². The lowest BCUT2D eigenvalue weighted by Gasteiger charge is -2.14. The summed E-state index contributed by atoms with van der Waals surface area (Å²) in [4.78, 5) is 24.0. The van der Waals surface area contributed by atoms with Gasteiger partial charge < -0.3 is 9.30 Å². The lowest BCUT2D eigenvalue weighted by molar-refractivity contribution is -0.144. The summed E-state index contributed by atoms with van der Waals surface area (Å²) in [5.41, 5.74) is 3.00. The van der Waals surface area contributed by atoms with Crippen LogP contribution in [0.4, 0.5) is 0 Å². The van der Waals surface area contributed by atoms with E-state index >= 15 is 0 Å². The number of aromatic nitrogens is 1. The quantitative estimate of drug-likeness (QED) is 0.672. The Morgan fingerprint density at radius 3 is 2.54 bits per heavy atom. The standard InChI is InChI=1S/C19H16ClNO3/c1-12-3-8-16-18(9-12)21(11-24-13(2)22)10-17(19(16)23)14-4-6-15(20)7-5-14/h3-10H,11H2,1-2H3. The first kappa shape index (κ1) is 16.3. The van der Waals surface area contributed by atoms with Crippen LogP contribution in [0.2, 0.25) is 5.02 Å². The maximum atomic E-state index is 12.9. The van der Waals surface area contributed by atoms with Crippen LogP contribution in [0.3, 0.4) is 0 Å². The molecule has 1 heterocycles. The van der Waals surface area contributed by atoms with Crippen molar-refractivity contribution in [3.8, 4) is 11.1 Å². The number of carbonyl (C=O) groups is 1. The minimum Gasteiger partial charge on any atom is -0.444 e. The second kappa shape index (κ2) is 6.49. The van der Waals surface area contributed by atoms with Gasteiger partial charge in [-0.15, -0.1) is 0 Å². The van der Waals surface area contributed by atoms with Gasteiger partial charge in [-0.2, -0.15) is 0 Å². The molecular weight excluding hydrogens is 326 g/mol. The van der Waals surface area contributed by atoms with Crippen LogP contribution in [0.5, 0.6) is 0 Å². The third-order valence-corrected chi connectivity index (χ3v) is 4.05. The van der Waals surface area contributed by atoms with Crippen molar-refractivity contribution in [2.45, 2.75) is 20.6 Å². The van der Waals surface area contributed by atoms with Gasteiger partial charge in [0.2, 0.25) is 0 Å². The van der Waals surface area contributed by atoms with E-state index in [1.165, 1.54) is 6.92 Å². The van der Waals surface area contributed by atoms with Gasteiger partial charge in [0, 0.05) is 29.1 Å². The van der Waals surface area contributed by atoms with Crippen LogP contribution in [0.15, 0.2) is 53.5 Å². The Kier molecular flexibility index (Phi) is 4.40. The van der Waals surface area contributed by atoms with E-state index in [9.17, 15) is 9.59 Å². The van der Waals surface area contributed by atoms with Crippen molar-refractivity contribution in [1.82, 2.24) is 4.57 Å². The van der Waals surface area contributed by atoms with Crippen molar-refractivity contribution in [2.24, 2.45) is 0 Å². The van der Waals surface area contributed by atoms with Gasteiger partial charge in [0.1, 0.15) is 0 Å². The molecular formula is C19H16ClNO3. The van der Waals surface area contributed by atoms with E-state index in [1.54, 1.807) is 41.1 Å². The molecule has 122 valence electrons. The molecule has 3 rings (SSSR count). The van der Waals surface area contributed by atoms with E-state index < -0.39 is 0 Å². The molecule has 0 amide bonds. The molecule has 0 fully saturated rings. The van der Waals surface area contributed by atoms with E-state index in [4.69, 9.17) is 16.3 Å². The normalized spacial score (nSPS) is 10.8. The van der Waals surface area contributed by atoms with Crippen molar-refractivity contribution in [2.75, 3.05) is 0 Å². The highest BCUT2D eigenvalue weighted by atomic mass is 35.5. The molecule has 0 radical (unpaired) electrons. The smallest absolute Gasteiger partial charge is 0.304 e. The highest BCUT2D eigenvalue weighted by Gasteiger charge is 2.12. The highest BCUT2D eigenvalue weighted by molar-refractivity contribution is 6.30. The number of rotatable bonds is 3. The number of aryl methyl sites for hydroxylation is 1. The van der Waals surface area contributed by atoms with Crippen molar-refractivity contribution in [3.05, 3.63) is 69.5 Å². The molecule has 2 aromatic carbocycles. The topological polar surface area (TPSA) is 48.3 Å². The van der Waals surface area contributed by atoms with Crippen molar-refractivity contribution in [3.63, 3.8) is 0 Å². The summed E-state index contributed by atoms with van der Waals surface area (Å²) in [5.74, 6) is -0.373. The third kappa shape index (κ3) is 3.19. The monoisotopic (exact) mass is 341 g/mol. The summed E-state index contributed by atoms with van der Waals surface area (Å²) in [5, 5.41) is 1.19. The molecule has 24 heavy (non-hydrogen) atoms. The third-order valence-electron chi connectivity index (χ3n) is 3.80. The summed E-state index contributed by atoms with van der Waals surface area (Å²) in [7, 11) is 0. The molecule has 0 unspecified atom stereocenters. The predicted octanol–water partition coefficient (Wildman–Crippen LogP) is 4.15. The fourth-order valence-electron chi connectivity index (χ4n) is 2.60. The summed E-state index contributed by atoms with van der Waals surface area (Å²) >= 11 is 5.93. The van der Waals surface area contributed by atoms with Crippen LogP contribution < -0.4 is 5.43 Å². The molecule has 5 heteroatoms. The minimum atomic E-state index is -0.373. The van der Waals surface area contributed by atoms with Crippen molar-refractivity contribution < 1.29 is 9.53 Å². The molecule has 4 nitrogen and oxygen atoms in total. The SMILES string of the molecule is CC(=O)OCn1cc(-c2ccc(Cl)cc2)c(=O)c2ccc(C)cc21. The van der Waals surface area contributed by atoms with Crippen LogP contribution in [-0.4, -0.2) is 10.5 Å². The summed E-state index contributed by atoms with van der Waals surface area (Å²) in [6.07, 6.45) is 1.72. The molecule has 0 saturated carbocycles. The molecule has 0 spiro atoms. The molecule has 0 aliphatic heterocycles. The Balaban J connectivity index is 2.25. The van der Waals surface area contributed by atoms with Gasteiger partial charge in [-0.3, -0.25) is 9.59 Å². The van der Waals surface area contributed by atoms with Crippen molar-refractivity contribution in [1.29, 1.82) is 0 Å².